The average Bonchev–Trinajstić information content (AvgIpc) is 3.20. The molecule has 0 bridgehead atoms. The van der Waals surface area contributed by atoms with E-state index in [2.05, 4.69) is 9.97 Å². The number of rotatable bonds is 8. The molecular formula is C23H19Cl2N3O3S. The van der Waals surface area contributed by atoms with Crippen molar-refractivity contribution >= 4 is 55.8 Å². The van der Waals surface area contributed by atoms with Crippen molar-refractivity contribution in [2.45, 2.75) is 13.5 Å². The third-order valence-corrected chi connectivity index (χ3v) is 6.05. The van der Waals surface area contributed by atoms with E-state index < -0.39 is 0 Å². The van der Waals surface area contributed by atoms with Crippen LogP contribution >= 0.6 is 34.5 Å². The minimum Gasteiger partial charge on any atom is -0.494 e. The molecule has 0 spiro atoms. The van der Waals surface area contributed by atoms with E-state index in [-0.39, 0.29) is 19.1 Å². The van der Waals surface area contributed by atoms with Crippen LogP contribution in [0.3, 0.4) is 0 Å². The number of benzene rings is 2. The van der Waals surface area contributed by atoms with Gasteiger partial charge in [0.15, 0.2) is 11.7 Å². The molecule has 32 heavy (non-hydrogen) atoms. The van der Waals surface area contributed by atoms with Crippen LogP contribution in [0.4, 0.5) is 5.13 Å². The number of pyridine rings is 1. The summed E-state index contributed by atoms with van der Waals surface area (Å²) >= 11 is 13.5. The van der Waals surface area contributed by atoms with Crippen LogP contribution < -0.4 is 14.4 Å². The highest BCUT2D eigenvalue weighted by Crippen LogP contribution is 2.33. The SMILES string of the molecule is CCOc1ccc2nc(N(Cc3ccccn3)C(=O)COc3ccc(Cl)cc3Cl)sc2c1. The van der Waals surface area contributed by atoms with Crippen molar-refractivity contribution in [2.75, 3.05) is 18.1 Å². The van der Waals surface area contributed by atoms with Gasteiger partial charge in [0, 0.05) is 11.2 Å². The number of thiazole rings is 1. The number of carbonyl (C=O) groups is 1. The third-order valence-electron chi connectivity index (χ3n) is 4.48. The molecule has 1 amide bonds. The molecule has 2 heterocycles. The Morgan fingerprint density at radius 1 is 1.09 bits per heavy atom. The predicted octanol–water partition coefficient (Wildman–Crippen LogP) is 6.01. The van der Waals surface area contributed by atoms with Crippen LogP contribution in [0.2, 0.25) is 10.0 Å². The van der Waals surface area contributed by atoms with Crippen molar-refractivity contribution in [2.24, 2.45) is 0 Å². The number of fused-ring (bicyclic) bond motifs is 1. The van der Waals surface area contributed by atoms with E-state index in [0.717, 1.165) is 21.7 Å². The van der Waals surface area contributed by atoms with Crippen LogP contribution in [0.1, 0.15) is 12.6 Å². The number of amides is 1. The van der Waals surface area contributed by atoms with E-state index in [1.54, 1.807) is 29.3 Å². The van der Waals surface area contributed by atoms with Gasteiger partial charge in [-0.1, -0.05) is 40.6 Å². The Balaban J connectivity index is 1.60. The highest BCUT2D eigenvalue weighted by molar-refractivity contribution is 7.22. The first-order valence-corrected chi connectivity index (χ1v) is 11.4. The van der Waals surface area contributed by atoms with Crippen LogP contribution in [0.5, 0.6) is 11.5 Å². The Morgan fingerprint density at radius 2 is 1.97 bits per heavy atom. The predicted molar refractivity (Wildman–Crippen MR) is 128 cm³/mol. The van der Waals surface area contributed by atoms with Gasteiger partial charge in [-0.05, 0) is 55.5 Å². The summed E-state index contributed by atoms with van der Waals surface area (Å²) in [6, 6.07) is 16.1. The molecule has 0 N–H and O–H groups in total. The van der Waals surface area contributed by atoms with Gasteiger partial charge in [-0.3, -0.25) is 14.7 Å². The van der Waals surface area contributed by atoms with E-state index in [9.17, 15) is 4.79 Å². The molecule has 0 saturated carbocycles. The Bertz CT molecular complexity index is 1230. The van der Waals surface area contributed by atoms with Gasteiger partial charge >= 0.3 is 0 Å². The molecule has 9 heteroatoms. The number of aromatic nitrogens is 2. The summed E-state index contributed by atoms with van der Waals surface area (Å²) in [6.45, 7) is 2.55. The molecule has 4 rings (SSSR count). The zero-order valence-electron chi connectivity index (χ0n) is 17.1. The first kappa shape index (κ1) is 22.3. The molecule has 6 nitrogen and oxygen atoms in total. The monoisotopic (exact) mass is 487 g/mol. The van der Waals surface area contributed by atoms with Gasteiger partial charge in [0.1, 0.15) is 11.5 Å². The van der Waals surface area contributed by atoms with Crippen molar-refractivity contribution in [1.82, 2.24) is 9.97 Å². The first-order valence-electron chi connectivity index (χ1n) is 9.85. The number of ether oxygens (including phenoxy) is 2. The molecule has 0 aliphatic carbocycles. The third kappa shape index (κ3) is 5.30. The van der Waals surface area contributed by atoms with Crippen molar-refractivity contribution in [3.05, 3.63) is 76.5 Å². The van der Waals surface area contributed by atoms with E-state index in [1.165, 1.54) is 11.3 Å². The number of hydrogen-bond donors (Lipinski definition) is 0. The summed E-state index contributed by atoms with van der Waals surface area (Å²) in [5.41, 5.74) is 1.52. The zero-order chi connectivity index (χ0) is 22.5. The van der Waals surface area contributed by atoms with Crippen LogP contribution in [0.15, 0.2) is 60.8 Å². The molecule has 2 aromatic carbocycles. The Kier molecular flexibility index (Phi) is 7.09. The van der Waals surface area contributed by atoms with Gasteiger partial charge in [0.2, 0.25) is 0 Å². The maximum absolute atomic E-state index is 13.2. The normalized spacial score (nSPS) is 10.8. The van der Waals surface area contributed by atoms with Crippen molar-refractivity contribution in [3.8, 4) is 11.5 Å². The second-order valence-electron chi connectivity index (χ2n) is 6.72. The highest BCUT2D eigenvalue weighted by Gasteiger charge is 2.22. The summed E-state index contributed by atoms with van der Waals surface area (Å²) in [4.78, 5) is 23.8. The lowest BCUT2D eigenvalue weighted by Crippen LogP contribution is -2.34. The topological polar surface area (TPSA) is 64.5 Å². The summed E-state index contributed by atoms with van der Waals surface area (Å²) in [5, 5.41) is 1.38. The van der Waals surface area contributed by atoms with Gasteiger partial charge in [-0.15, -0.1) is 0 Å². The quantitative estimate of drug-likeness (QED) is 0.304. The lowest BCUT2D eigenvalue weighted by atomic mass is 10.3. The van der Waals surface area contributed by atoms with E-state index >= 15 is 0 Å². The highest BCUT2D eigenvalue weighted by atomic mass is 35.5. The van der Waals surface area contributed by atoms with Gasteiger partial charge < -0.3 is 9.47 Å². The van der Waals surface area contributed by atoms with Crippen molar-refractivity contribution in [3.63, 3.8) is 0 Å². The summed E-state index contributed by atoms with van der Waals surface area (Å²) in [5.74, 6) is 0.872. The van der Waals surface area contributed by atoms with Gasteiger partial charge in [-0.2, -0.15) is 0 Å². The summed E-state index contributed by atoms with van der Waals surface area (Å²) < 4.78 is 12.2. The van der Waals surface area contributed by atoms with Crippen molar-refractivity contribution < 1.29 is 14.3 Å². The number of hydrogen-bond acceptors (Lipinski definition) is 6. The molecule has 0 aliphatic rings. The minimum atomic E-state index is -0.272. The second kappa shape index (κ2) is 10.2. The fraction of sp³-hybridized carbons (Fsp3) is 0.174. The van der Waals surface area contributed by atoms with Gasteiger partial charge in [0.25, 0.3) is 5.91 Å². The molecule has 0 aliphatic heterocycles. The maximum Gasteiger partial charge on any atom is 0.267 e. The van der Waals surface area contributed by atoms with Gasteiger partial charge in [0.05, 0.1) is 34.1 Å². The molecule has 0 saturated heterocycles. The van der Waals surface area contributed by atoms with Crippen LogP contribution in [0.25, 0.3) is 10.2 Å². The molecule has 0 atom stereocenters. The Labute approximate surface area is 199 Å². The van der Waals surface area contributed by atoms with Gasteiger partial charge in [-0.25, -0.2) is 4.98 Å². The van der Waals surface area contributed by atoms with E-state index in [1.807, 2.05) is 43.3 Å². The second-order valence-corrected chi connectivity index (χ2v) is 8.58. The van der Waals surface area contributed by atoms with E-state index in [0.29, 0.717) is 27.5 Å². The van der Waals surface area contributed by atoms with E-state index in [4.69, 9.17) is 32.7 Å². The molecule has 4 aromatic rings. The summed E-state index contributed by atoms with van der Waals surface area (Å²) in [6.07, 6.45) is 1.69. The number of anilines is 1. The lowest BCUT2D eigenvalue weighted by Gasteiger charge is -2.20. The van der Waals surface area contributed by atoms with Crippen molar-refractivity contribution in [1.29, 1.82) is 0 Å². The molecule has 0 unspecified atom stereocenters. The zero-order valence-corrected chi connectivity index (χ0v) is 19.5. The number of halogens is 2. The summed E-state index contributed by atoms with van der Waals surface area (Å²) in [7, 11) is 0. The lowest BCUT2D eigenvalue weighted by molar-refractivity contribution is -0.120. The fourth-order valence-corrected chi connectivity index (χ4v) is 4.46. The average molecular weight is 488 g/mol. The smallest absolute Gasteiger partial charge is 0.267 e. The van der Waals surface area contributed by atoms with Crippen LogP contribution in [-0.2, 0) is 11.3 Å². The molecule has 0 fully saturated rings. The molecule has 0 radical (unpaired) electrons. The van der Waals surface area contributed by atoms with Crippen LogP contribution in [0, 0.1) is 0 Å². The molecule has 164 valence electrons. The standard InChI is InChI=1S/C23H19Cl2N3O3S/c1-2-30-17-7-8-19-21(12-17)32-23(27-19)28(13-16-5-3-4-10-26-16)22(29)14-31-20-9-6-15(24)11-18(20)25/h3-12H,2,13-14H2,1H3. The number of carbonyl (C=O) groups excluding carboxylic acids is 1. The Morgan fingerprint density at radius 3 is 2.72 bits per heavy atom. The maximum atomic E-state index is 13.2. The first-order chi connectivity index (χ1) is 15.5. The minimum absolute atomic E-state index is 0.214. The fourth-order valence-electron chi connectivity index (χ4n) is 2.99. The largest absolute Gasteiger partial charge is 0.494 e. The number of nitrogens with zero attached hydrogens (tertiary/aromatic N) is 3. The Hall–Kier alpha value is -2.87. The van der Waals surface area contributed by atoms with Crippen LogP contribution in [-0.4, -0.2) is 29.1 Å². The molecular weight excluding hydrogens is 469 g/mol. The molecule has 2 aromatic heterocycles.